The first-order valence-corrected chi connectivity index (χ1v) is 9.83. The molecule has 2 aliphatic rings. The maximum Gasteiger partial charge on any atom is 0.222 e. The molecule has 0 radical (unpaired) electrons. The Bertz CT molecular complexity index is 1200. The van der Waals surface area contributed by atoms with Gasteiger partial charge < -0.3 is 4.90 Å². The van der Waals surface area contributed by atoms with Crippen molar-refractivity contribution in [1.29, 1.82) is 0 Å². The normalized spacial score (nSPS) is 18.3. The molecule has 0 fully saturated rings. The first-order valence-electron chi connectivity index (χ1n) is 9.83. The lowest BCUT2D eigenvalue weighted by Crippen LogP contribution is -2.37. The Hall–Kier alpha value is -3.47. The van der Waals surface area contributed by atoms with E-state index < -0.39 is 0 Å². The molecule has 5 rings (SSSR count). The van der Waals surface area contributed by atoms with Crippen LogP contribution in [-0.2, 0) is 4.79 Å². The molecule has 0 saturated carbocycles. The molecule has 0 aliphatic carbocycles. The second kappa shape index (κ2) is 6.55. The Kier molecular flexibility index (Phi) is 3.98. The van der Waals surface area contributed by atoms with Crippen molar-refractivity contribution in [3.05, 3.63) is 78.9 Å². The molecule has 2 aromatic carbocycles. The van der Waals surface area contributed by atoms with Crippen LogP contribution in [0.2, 0.25) is 0 Å². The van der Waals surface area contributed by atoms with Crippen molar-refractivity contribution >= 4 is 28.2 Å². The van der Waals surface area contributed by atoms with Gasteiger partial charge in [0.2, 0.25) is 5.78 Å². The van der Waals surface area contributed by atoms with E-state index in [9.17, 15) is 4.79 Å². The maximum atomic E-state index is 12.1. The van der Waals surface area contributed by atoms with Crippen LogP contribution in [0.15, 0.2) is 78.3 Å². The van der Waals surface area contributed by atoms with Gasteiger partial charge in [0.1, 0.15) is 6.33 Å². The van der Waals surface area contributed by atoms with E-state index in [1.54, 1.807) is 6.20 Å². The number of benzene rings is 2. The average molecular weight is 382 g/mol. The number of carbonyl (C=O) groups excluding carboxylic acids is 1. The van der Waals surface area contributed by atoms with Gasteiger partial charge in [0.25, 0.3) is 0 Å². The largest absolute Gasteiger partial charge is 0.329 e. The Morgan fingerprint density at radius 2 is 1.83 bits per heavy atom. The number of hydrogen-bond acceptors (Lipinski definition) is 4. The Morgan fingerprint density at radius 3 is 2.59 bits per heavy atom. The third-order valence-electron chi connectivity index (χ3n) is 5.82. The summed E-state index contributed by atoms with van der Waals surface area (Å²) >= 11 is 0. The number of aromatic nitrogens is 2. The lowest BCUT2D eigenvalue weighted by atomic mass is 9.76. The predicted octanol–water partition coefficient (Wildman–Crippen LogP) is 4.59. The molecule has 0 saturated heterocycles. The van der Waals surface area contributed by atoms with E-state index in [1.807, 2.05) is 29.4 Å². The van der Waals surface area contributed by atoms with Gasteiger partial charge in [0.05, 0.1) is 11.0 Å². The minimum atomic E-state index is -0.0253. The lowest BCUT2D eigenvalue weighted by Gasteiger charge is -2.37. The zero-order valence-corrected chi connectivity index (χ0v) is 16.5. The molecule has 0 bridgehead atoms. The number of para-hydroxylation sites is 2. The molecule has 29 heavy (non-hydrogen) atoms. The number of fused-ring (bicyclic) bond motifs is 1. The van der Waals surface area contributed by atoms with Gasteiger partial charge in [-0.3, -0.25) is 9.36 Å². The van der Waals surface area contributed by atoms with Crippen LogP contribution in [0, 0.1) is 5.41 Å². The van der Waals surface area contributed by atoms with Crippen LogP contribution in [0.1, 0.15) is 25.8 Å². The molecule has 1 aromatic heterocycles. The second-order valence-electron chi connectivity index (χ2n) is 8.15. The van der Waals surface area contributed by atoms with Crippen molar-refractivity contribution in [3.8, 4) is 5.69 Å². The van der Waals surface area contributed by atoms with Crippen molar-refractivity contribution in [3.63, 3.8) is 0 Å². The fourth-order valence-corrected chi connectivity index (χ4v) is 4.06. The molecule has 0 amide bonds. The van der Waals surface area contributed by atoms with Crippen molar-refractivity contribution in [2.45, 2.75) is 20.3 Å². The summed E-state index contributed by atoms with van der Waals surface area (Å²) in [6.45, 7) is 5.30. The maximum absolute atomic E-state index is 12.1. The SMILES string of the molecule is CC1(C)CCN(C2=NC=CC2=O)C=C1c1ccc(-n2cnc3ccccc32)cc1. The average Bonchev–Trinajstić information content (AvgIpc) is 3.34. The second-order valence-corrected chi connectivity index (χ2v) is 8.15. The van der Waals surface area contributed by atoms with Crippen molar-refractivity contribution < 1.29 is 4.79 Å². The Labute approximate surface area is 169 Å². The van der Waals surface area contributed by atoms with E-state index >= 15 is 0 Å². The topological polar surface area (TPSA) is 50.5 Å². The number of carbonyl (C=O) groups is 1. The number of allylic oxidation sites excluding steroid dienone is 1. The molecule has 0 spiro atoms. The van der Waals surface area contributed by atoms with Gasteiger partial charge in [-0.05, 0) is 47.2 Å². The van der Waals surface area contributed by atoms with E-state index in [1.165, 1.54) is 11.6 Å². The van der Waals surface area contributed by atoms with Crippen LogP contribution in [0.5, 0.6) is 0 Å². The number of nitrogens with zero attached hydrogens (tertiary/aromatic N) is 4. The summed E-state index contributed by atoms with van der Waals surface area (Å²) in [4.78, 5) is 22.8. The zero-order chi connectivity index (χ0) is 20.0. The van der Waals surface area contributed by atoms with Gasteiger partial charge in [-0.25, -0.2) is 9.98 Å². The van der Waals surface area contributed by atoms with Crippen molar-refractivity contribution in [2.24, 2.45) is 10.4 Å². The summed E-state index contributed by atoms with van der Waals surface area (Å²) in [5.74, 6) is 0.488. The molecule has 5 heteroatoms. The first kappa shape index (κ1) is 17.6. The summed E-state index contributed by atoms with van der Waals surface area (Å²) in [6.07, 6.45) is 8.01. The summed E-state index contributed by atoms with van der Waals surface area (Å²) < 4.78 is 2.10. The predicted molar refractivity (Wildman–Crippen MR) is 116 cm³/mol. The fraction of sp³-hybridized carbons (Fsp3) is 0.208. The molecule has 144 valence electrons. The van der Waals surface area contributed by atoms with Crippen LogP contribution in [0.3, 0.4) is 0 Å². The zero-order valence-electron chi connectivity index (χ0n) is 16.5. The van der Waals surface area contributed by atoms with Crippen molar-refractivity contribution in [2.75, 3.05) is 6.54 Å². The van der Waals surface area contributed by atoms with Gasteiger partial charge in [-0.2, -0.15) is 0 Å². The van der Waals surface area contributed by atoms with Crippen LogP contribution >= 0.6 is 0 Å². The summed E-state index contributed by atoms with van der Waals surface area (Å²) in [5.41, 5.74) is 5.55. The van der Waals surface area contributed by atoms with Crippen LogP contribution in [0.25, 0.3) is 22.3 Å². The first-order chi connectivity index (χ1) is 14.0. The van der Waals surface area contributed by atoms with Crippen LogP contribution in [0.4, 0.5) is 0 Å². The minimum Gasteiger partial charge on any atom is -0.329 e. The quantitative estimate of drug-likeness (QED) is 0.651. The molecule has 0 atom stereocenters. The molecule has 5 nitrogen and oxygen atoms in total. The number of hydrogen-bond donors (Lipinski definition) is 0. The summed E-state index contributed by atoms with van der Waals surface area (Å²) in [6, 6.07) is 16.7. The molecule has 0 N–H and O–H groups in total. The van der Waals surface area contributed by atoms with E-state index in [0.29, 0.717) is 5.84 Å². The lowest BCUT2D eigenvalue weighted by molar-refractivity contribution is -0.109. The number of rotatable bonds is 2. The molecule has 3 aromatic rings. The highest BCUT2D eigenvalue weighted by molar-refractivity contribution is 6.44. The number of ketones is 1. The molecule has 3 heterocycles. The Balaban J connectivity index is 1.51. The number of aliphatic imine (C=N–C) groups is 1. The molecule has 0 unspecified atom stereocenters. The van der Waals surface area contributed by atoms with Gasteiger partial charge in [0.15, 0.2) is 5.84 Å². The number of amidine groups is 1. The van der Waals surface area contributed by atoms with E-state index in [-0.39, 0.29) is 11.2 Å². The van der Waals surface area contributed by atoms with Gasteiger partial charge in [-0.1, -0.05) is 38.1 Å². The van der Waals surface area contributed by atoms with E-state index in [4.69, 9.17) is 0 Å². The molecular formula is C24H22N4O. The highest BCUT2D eigenvalue weighted by atomic mass is 16.1. The van der Waals surface area contributed by atoms with Gasteiger partial charge >= 0.3 is 0 Å². The third-order valence-corrected chi connectivity index (χ3v) is 5.82. The summed E-state index contributed by atoms with van der Waals surface area (Å²) in [7, 11) is 0. The highest BCUT2D eigenvalue weighted by Gasteiger charge is 2.32. The van der Waals surface area contributed by atoms with Crippen LogP contribution in [-0.4, -0.2) is 32.6 Å². The van der Waals surface area contributed by atoms with Gasteiger partial charge in [0, 0.05) is 30.7 Å². The highest BCUT2D eigenvalue weighted by Crippen LogP contribution is 2.41. The third kappa shape index (κ3) is 2.99. The van der Waals surface area contributed by atoms with Gasteiger partial charge in [-0.15, -0.1) is 0 Å². The van der Waals surface area contributed by atoms with E-state index in [0.717, 1.165) is 35.2 Å². The van der Waals surface area contributed by atoms with Crippen molar-refractivity contribution in [1.82, 2.24) is 14.5 Å². The fourth-order valence-electron chi connectivity index (χ4n) is 4.06. The molecular weight excluding hydrogens is 360 g/mol. The minimum absolute atomic E-state index is 0.0232. The molecule has 2 aliphatic heterocycles. The smallest absolute Gasteiger partial charge is 0.222 e. The standard InChI is InChI=1S/C24H22N4O/c1-24(2)12-14-27(23-22(29)11-13-25-23)15-19(24)17-7-9-18(10-8-17)28-16-26-20-5-3-4-6-21(20)28/h3-11,13,15-16H,12,14H2,1-2H3. The Morgan fingerprint density at radius 1 is 1.03 bits per heavy atom. The van der Waals surface area contributed by atoms with Crippen LogP contribution < -0.4 is 0 Å². The monoisotopic (exact) mass is 382 g/mol. The summed E-state index contributed by atoms with van der Waals surface area (Å²) in [5, 5.41) is 0. The van der Waals surface area contributed by atoms with E-state index in [2.05, 4.69) is 64.9 Å². The number of imidazole rings is 1.